The average Bonchev–Trinajstić information content (AvgIpc) is 2.37. The maximum Gasteiger partial charge on any atom is 0.152 e. The normalized spacial score (nSPS) is 21.4. The number of sulfone groups is 1. The van der Waals surface area contributed by atoms with Crippen molar-refractivity contribution < 1.29 is 8.42 Å². The van der Waals surface area contributed by atoms with E-state index in [-0.39, 0.29) is 11.8 Å². The number of rotatable bonds is 5. The highest BCUT2D eigenvalue weighted by Crippen LogP contribution is 2.18. The van der Waals surface area contributed by atoms with Crippen LogP contribution in [0.15, 0.2) is 6.07 Å². The molecule has 1 aromatic rings. The second-order valence-corrected chi connectivity index (χ2v) is 7.27. The molecule has 0 aromatic carbocycles. The number of aryl methyl sites for hydroxylation is 1. The van der Waals surface area contributed by atoms with Crippen molar-refractivity contribution in [1.29, 1.82) is 0 Å². The maximum atomic E-state index is 11.7. The van der Waals surface area contributed by atoms with Gasteiger partial charge in [0.15, 0.2) is 9.84 Å². The molecule has 6 nitrogen and oxygen atoms in total. The molecule has 1 unspecified atom stereocenters. The molecule has 1 aliphatic heterocycles. The zero-order valence-corrected chi connectivity index (χ0v) is 12.8. The van der Waals surface area contributed by atoms with Crippen molar-refractivity contribution in [3.05, 3.63) is 11.9 Å². The van der Waals surface area contributed by atoms with Crippen LogP contribution in [0.25, 0.3) is 0 Å². The van der Waals surface area contributed by atoms with Gasteiger partial charge in [0.1, 0.15) is 17.5 Å². The second kappa shape index (κ2) is 6.39. The molecule has 0 aliphatic carbocycles. The van der Waals surface area contributed by atoms with Gasteiger partial charge in [-0.3, -0.25) is 0 Å². The Balaban J connectivity index is 2.13. The molecule has 2 N–H and O–H groups in total. The van der Waals surface area contributed by atoms with E-state index in [2.05, 4.69) is 20.6 Å². The Kier molecular flexibility index (Phi) is 4.80. The lowest BCUT2D eigenvalue weighted by molar-refractivity contribution is 0.561. The lowest BCUT2D eigenvalue weighted by atomic mass is 10.2. The molecule has 1 atom stereocenters. The summed E-state index contributed by atoms with van der Waals surface area (Å²) in [5.41, 5.74) is 0. The molecule has 0 radical (unpaired) electrons. The van der Waals surface area contributed by atoms with Crippen molar-refractivity contribution in [1.82, 2.24) is 9.97 Å². The summed E-state index contributed by atoms with van der Waals surface area (Å²) in [5, 5.41) is 6.41. The third-order valence-electron chi connectivity index (χ3n) is 3.26. The Morgan fingerprint density at radius 2 is 2.05 bits per heavy atom. The molecular formula is C13H22N4O2S. The van der Waals surface area contributed by atoms with Crippen molar-refractivity contribution in [3.63, 3.8) is 0 Å². The fourth-order valence-electron chi connectivity index (χ4n) is 2.35. The van der Waals surface area contributed by atoms with Gasteiger partial charge in [0.25, 0.3) is 0 Å². The summed E-state index contributed by atoms with van der Waals surface area (Å²) in [6.45, 7) is 4.80. The minimum Gasteiger partial charge on any atom is -0.370 e. The van der Waals surface area contributed by atoms with Crippen LogP contribution in [0.2, 0.25) is 0 Å². The van der Waals surface area contributed by atoms with E-state index in [0.717, 1.165) is 31.0 Å². The molecule has 1 saturated heterocycles. The summed E-state index contributed by atoms with van der Waals surface area (Å²) < 4.78 is 23.3. The van der Waals surface area contributed by atoms with Gasteiger partial charge in [0.2, 0.25) is 0 Å². The van der Waals surface area contributed by atoms with Crippen LogP contribution in [0.4, 0.5) is 11.6 Å². The number of anilines is 2. The Labute approximate surface area is 120 Å². The van der Waals surface area contributed by atoms with E-state index >= 15 is 0 Å². The van der Waals surface area contributed by atoms with Crippen molar-refractivity contribution in [3.8, 4) is 0 Å². The molecule has 112 valence electrons. The number of hydrogen-bond acceptors (Lipinski definition) is 6. The predicted octanol–water partition coefficient (Wildman–Crippen LogP) is 1.46. The van der Waals surface area contributed by atoms with Gasteiger partial charge >= 0.3 is 0 Å². The first kappa shape index (κ1) is 15.0. The van der Waals surface area contributed by atoms with Crippen molar-refractivity contribution in [2.45, 2.75) is 39.2 Å². The Hall–Kier alpha value is -1.37. The minimum atomic E-state index is -2.91. The molecule has 0 spiro atoms. The molecule has 1 aliphatic rings. The molecular weight excluding hydrogens is 276 g/mol. The largest absolute Gasteiger partial charge is 0.370 e. The van der Waals surface area contributed by atoms with E-state index < -0.39 is 9.84 Å². The second-order valence-electron chi connectivity index (χ2n) is 5.04. The third-order valence-corrected chi connectivity index (χ3v) is 5.08. The Morgan fingerprint density at radius 3 is 2.70 bits per heavy atom. The molecule has 7 heteroatoms. The molecule has 0 amide bonds. The Morgan fingerprint density at radius 1 is 1.30 bits per heavy atom. The molecule has 2 rings (SSSR count). The first-order valence-electron chi connectivity index (χ1n) is 7.11. The average molecular weight is 298 g/mol. The first-order valence-corrected chi connectivity index (χ1v) is 8.93. The molecule has 1 aromatic heterocycles. The van der Waals surface area contributed by atoms with E-state index in [1.807, 2.05) is 19.9 Å². The summed E-state index contributed by atoms with van der Waals surface area (Å²) in [5.74, 6) is 2.73. The highest BCUT2D eigenvalue weighted by Gasteiger charge is 2.25. The first-order chi connectivity index (χ1) is 9.52. The van der Waals surface area contributed by atoms with Crippen molar-refractivity contribution >= 4 is 21.5 Å². The van der Waals surface area contributed by atoms with Crippen LogP contribution in [0.3, 0.4) is 0 Å². The fourth-order valence-corrected chi connectivity index (χ4v) is 3.98. The lowest BCUT2D eigenvalue weighted by Gasteiger charge is -2.23. The zero-order chi connectivity index (χ0) is 14.6. The minimum absolute atomic E-state index is 0.0529. The van der Waals surface area contributed by atoms with Gasteiger partial charge in [0, 0.05) is 25.1 Å². The van der Waals surface area contributed by atoms with E-state index in [4.69, 9.17) is 0 Å². The van der Waals surface area contributed by atoms with Gasteiger partial charge < -0.3 is 10.6 Å². The predicted molar refractivity (Wildman–Crippen MR) is 80.9 cm³/mol. The Bertz CT molecular complexity index is 559. The smallest absolute Gasteiger partial charge is 0.152 e. The molecule has 0 bridgehead atoms. The SMILES string of the molecule is CCNc1cc(NC2CCCS(=O)(=O)C2)nc(CC)n1. The molecule has 2 heterocycles. The quantitative estimate of drug-likeness (QED) is 0.856. The number of hydrogen-bond donors (Lipinski definition) is 2. The van der Waals surface area contributed by atoms with Crippen LogP contribution < -0.4 is 10.6 Å². The number of aromatic nitrogens is 2. The summed E-state index contributed by atoms with van der Waals surface area (Å²) in [6.07, 6.45) is 2.32. The van der Waals surface area contributed by atoms with Gasteiger partial charge in [-0.25, -0.2) is 18.4 Å². The van der Waals surface area contributed by atoms with Crippen molar-refractivity contribution in [2.24, 2.45) is 0 Å². The van der Waals surface area contributed by atoms with Gasteiger partial charge in [-0.2, -0.15) is 0 Å². The summed E-state index contributed by atoms with van der Waals surface area (Å²) in [6, 6.07) is 1.78. The summed E-state index contributed by atoms with van der Waals surface area (Å²) >= 11 is 0. The standard InChI is InChI=1S/C13H22N4O2S/c1-3-11-16-12(14-4-2)8-13(17-11)15-10-6-5-7-20(18,19)9-10/h8,10H,3-7,9H2,1-2H3,(H2,14,15,16,17). The monoisotopic (exact) mass is 298 g/mol. The highest BCUT2D eigenvalue weighted by molar-refractivity contribution is 7.91. The fraction of sp³-hybridized carbons (Fsp3) is 0.692. The van der Waals surface area contributed by atoms with E-state index in [1.165, 1.54) is 0 Å². The van der Waals surface area contributed by atoms with Gasteiger partial charge in [0.05, 0.1) is 11.5 Å². The topological polar surface area (TPSA) is 84.0 Å². The molecule has 20 heavy (non-hydrogen) atoms. The third kappa shape index (κ3) is 4.06. The van der Waals surface area contributed by atoms with Crippen LogP contribution in [0, 0.1) is 0 Å². The van der Waals surface area contributed by atoms with E-state index in [1.54, 1.807) is 0 Å². The van der Waals surface area contributed by atoms with Gasteiger partial charge in [-0.15, -0.1) is 0 Å². The van der Waals surface area contributed by atoms with Crippen molar-refractivity contribution in [2.75, 3.05) is 28.7 Å². The molecule has 0 saturated carbocycles. The van der Waals surface area contributed by atoms with Crippen LogP contribution in [-0.4, -0.2) is 42.5 Å². The van der Waals surface area contributed by atoms with E-state index in [0.29, 0.717) is 18.0 Å². The lowest BCUT2D eigenvalue weighted by Crippen LogP contribution is -2.35. The summed E-state index contributed by atoms with van der Waals surface area (Å²) in [4.78, 5) is 8.80. The van der Waals surface area contributed by atoms with Gasteiger partial charge in [-0.1, -0.05) is 6.92 Å². The highest BCUT2D eigenvalue weighted by atomic mass is 32.2. The zero-order valence-electron chi connectivity index (χ0n) is 12.0. The van der Waals surface area contributed by atoms with E-state index in [9.17, 15) is 8.42 Å². The van der Waals surface area contributed by atoms with Crippen LogP contribution in [0.5, 0.6) is 0 Å². The maximum absolute atomic E-state index is 11.7. The number of nitrogens with zero attached hydrogens (tertiary/aromatic N) is 2. The summed E-state index contributed by atoms with van der Waals surface area (Å²) in [7, 11) is -2.91. The number of nitrogens with one attached hydrogen (secondary N) is 2. The molecule has 1 fully saturated rings. The van der Waals surface area contributed by atoms with Crippen LogP contribution in [0.1, 0.15) is 32.5 Å². The van der Waals surface area contributed by atoms with Crippen LogP contribution >= 0.6 is 0 Å². The van der Waals surface area contributed by atoms with Gasteiger partial charge in [-0.05, 0) is 19.8 Å². The van der Waals surface area contributed by atoms with Crippen LogP contribution in [-0.2, 0) is 16.3 Å².